The molecule has 0 aliphatic carbocycles. The molecule has 1 atom stereocenters. The van der Waals surface area contributed by atoms with Crippen LogP contribution in [0.1, 0.15) is 22.3 Å². The Morgan fingerprint density at radius 3 is 2.32 bits per heavy atom. The van der Waals surface area contributed by atoms with E-state index in [1.54, 1.807) is 19.2 Å². The number of aliphatic hydroxyl groups is 1. The van der Waals surface area contributed by atoms with Gasteiger partial charge in [-0.1, -0.05) is 36.4 Å². The predicted molar refractivity (Wildman–Crippen MR) is 143 cm³/mol. The number of nitrogens with zero attached hydrogens (tertiary/aromatic N) is 1. The highest BCUT2D eigenvalue weighted by Crippen LogP contribution is 2.29. The number of aliphatic hydroxyl groups excluding tert-OH is 1. The van der Waals surface area contributed by atoms with Gasteiger partial charge in [0.2, 0.25) is 0 Å². The zero-order chi connectivity index (χ0) is 26.9. The monoisotopic (exact) mass is 517 g/mol. The van der Waals surface area contributed by atoms with E-state index >= 15 is 0 Å². The zero-order valence-electron chi connectivity index (χ0n) is 21.0. The molecule has 0 fully saturated rings. The van der Waals surface area contributed by atoms with E-state index in [1.165, 1.54) is 24.3 Å². The SMILES string of the molecule is COc1cccc(N(CC(O)COc2ccc(F)cc2C(=O)CCc2ccc(F)cc2)c2ccccc2)c1. The lowest BCUT2D eigenvalue weighted by molar-refractivity contribution is 0.0960. The summed E-state index contributed by atoms with van der Waals surface area (Å²) in [4.78, 5) is 14.8. The van der Waals surface area contributed by atoms with Crippen molar-refractivity contribution in [1.29, 1.82) is 0 Å². The largest absolute Gasteiger partial charge is 0.497 e. The van der Waals surface area contributed by atoms with Gasteiger partial charge in [-0.2, -0.15) is 0 Å². The van der Waals surface area contributed by atoms with E-state index in [4.69, 9.17) is 9.47 Å². The number of anilines is 2. The Morgan fingerprint density at radius 1 is 0.868 bits per heavy atom. The fraction of sp³-hybridized carbons (Fsp3) is 0.194. The minimum Gasteiger partial charge on any atom is -0.497 e. The Hall–Kier alpha value is -4.23. The summed E-state index contributed by atoms with van der Waals surface area (Å²) in [6.07, 6.45) is -0.454. The molecule has 0 heterocycles. The van der Waals surface area contributed by atoms with Crippen LogP contribution in [0.3, 0.4) is 0 Å². The molecule has 0 bridgehead atoms. The summed E-state index contributed by atoms with van der Waals surface area (Å²) < 4.78 is 38.3. The summed E-state index contributed by atoms with van der Waals surface area (Å²) >= 11 is 0. The van der Waals surface area contributed by atoms with E-state index in [-0.39, 0.29) is 42.5 Å². The number of rotatable bonds is 12. The van der Waals surface area contributed by atoms with Gasteiger partial charge in [0.25, 0.3) is 0 Å². The molecule has 0 spiro atoms. The van der Waals surface area contributed by atoms with Crippen LogP contribution < -0.4 is 14.4 Å². The number of ketones is 1. The standard InChI is InChI=1S/C31H29F2NO4/c1-37-28-9-5-8-26(19-28)34(25-6-3-2-4-7-25)20-27(35)21-38-31-17-15-24(33)18-29(31)30(36)16-12-22-10-13-23(32)14-11-22/h2-11,13-15,17-19,27,35H,12,16,20-21H2,1H3. The fourth-order valence-electron chi connectivity index (χ4n) is 4.09. The Balaban J connectivity index is 1.45. The minimum absolute atomic E-state index is 0.103. The van der Waals surface area contributed by atoms with Crippen molar-refractivity contribution in [2.24, 2.45) is 0 Å². The van der Waals surface area contributed by atoms with E-state index in [9.17, 15) is 18.7 Å². The smallest absolute Gasteiger partial charge is 0.167 e. The van der Waals surface area contributed by atoms with Crippen LogP contribution in [0.5, 0.6) is 11.5 Å². The molecule has 7 heteroatoms. The van der Waals surface area contributed by atoms with Crippen LogP contribution in [0.4, 0.5) is 20.2 Å². The van der Waals surface area contributed by atoms with Gasteiger partial charge in [-0.3, -0.25) is 4.79 Å². The van der Waals surface area contributed by atoms with E-state index < -0.39 is 11.9 Å². The van der Waals surface area contributed by atoms with Gasteiger partial charge in [-0.25, -0.2) is 8.78 Å². The van der Waals surface area contributed by atoms with Gasteiger partial charge in [-0.05, 0) is 66.6 Å². The number of carbonyl (C=O) groups is 1. The lowest BCUT2D eigenvalue weighted by Crippen LogP contribution is -2.33. The summed E-state index contributed by atoms with van der Waals surface area (Å²) in [5.41, 5.74) is 2.60. The van der Waals surface area contributed by atoms with Crippen molar-refractivity contribution in [2.75, 3.05) is 25.2 Å². The third-order valence-electron chi connectivity index (χ3n) is 6.05. The third-order valence-corrected chi connectivity index (χ3v) is 6.05. The molecular weight excluding hydrogens is 488 g/mol. The topological polar surface area (TPSA) is 59.0 Å². The highest BCUT2D eigenvalue weighted by molar-refractivity contribution is 5.98. The van der Waals surface area contributed by atoms with E-state index in [0.29, 0.717) is 12.2 Å². The summed E-state index contributed by atoms with van der Waals surface area (Å²) in [6, 6.07) is 26.8. The molecule has 0 aliphatic heterocycles. The summed E-state index contributed by atoms with van der Waals surface area (Å²) in [5.74, 6) is -0.333. The maximum atomic E-state index is 14.0. The molecule has 5 nitrogen and oxygen atoms in total. The van der Waals surface area contributed by atoms with Crippen LogP contribution in [-0.2, 0) is 6.42 Å². The van der Waals surface area contributed by atoms with Gasteiger partial charge >= 0.3 is 0 Å². The number of benzene rings is 4. The van der Waals surface area contributed by atoms with E-state index in [0.717, 1.165) is 23.0 Å². The molecule has 38 heavy (non-hydrogen) atoms. The van der Waals surface area contributed by atoms with Crippen LogP contribution in [0.15, 0.2) is 97.1 Å². The molecule has 0 aliphatic rings. The number of halogens is 2. The number of hydrogen-bond donors (Lipinski definition) is 1. The van der Waals surface area contributed by atoms with Gasteiger partial charge in [0.15, 0.2) is 5.78 Å². The second kappa shape index (κ2) is 12.8. The van der Waals surface area contributed by atoms with Crippen LogP contribution in [0, 0.1) is 11.6 Å². The highest BCUT2D eigenvalue weighted by atomic mass is 19.1. The van der Waals surface area contributed by atoms with Crippen LogP contribution in [-0.4, -0.2) is 37.3 Å². The fourth-order valence-corrected chi connectivity index (χ4v) is 4.09. The Bertz CT molecular complexity index is 1350. The highest BCUT2D eigenvalue weighted by Gasteiger charge is 2.19. The molecule has 0 saturated carbocycles. The number of para-hydroxylation sites is 1. The lowest BCUT2D eigenvalue weighted by atomic mass is 10.0. The molecule has 4 rings (SSSR count). The summed E-state index contributed by atoms with van der Waals surface area (Å²) in [7, 11) is 1.59. The second-order valence-corrected chi connectivity index (χ2v) is 8.80. The van der Waals surface area contributed by atoms with Crippen LogP contribution in [0.2, 0.25) is 0 Å². The van der Waals surface area contributed by atoms with E-state index in [2.05, 4.69) is 0 Å². The normalized spacial score (nSPS) is 11.6. The molecule has 4 aromatic carbocycles. The predicted octanol–water partition coefficient (Wildman–Crippen LogP) is 6.37. The summed E-state index contributed by atoms with van der Waals surface area (Å²) in [6.45, 7) is 0.0867. The molecule has 0 saturated heterocycles. The second-order valence-electron chi connectivity index (χ2n) is 8.80. The zero-order valence-corrected chi connectivity index (χ0v) is 21.0. The van der Waals surface area contributed by atoms with Gasteiger partial charge in [0.1, 0.15) is 35.8 Å². The number of Topliss-reactive ketones (excluding diaryl/α,β-unsaturated/α-hetero) is 1. The van der Waals surface area contributed by atoms with Gasteiger partial charge in [0, 0.05) is 23.9 Å². The molecule has 0 radical (unpaired) electrons. The molecular formula is C31H29F2NO4. The number of ether oxygens (including phenoxy) is 2. The average molecular weight is 518 g/mol. The Kier molecular flexibility index (Phi) is 9.06. The number of methoxy groups -OCH3 is 1. The quantitative estimate of drug-likeness (QED) is 0.222. The third kappa shape index (κ3) is 7.17. The molecule has 4 aromatic rings. The number of carbonyl (C=O) groups excluding carboxylic acids is 1. The first kappa shape index (κ1) is 26.8. The lowest BCUT2D eigenvalue weighted by Gasteiger charge is -2.28. The van der Waals surface area contributed by atoms with Crippen molar-refractivity contribution in [1.82, 2.24) is 0 Å². The van der Waals surface area contributed by atoms with Gasteiger partial charge in [0.05, 0.1) is 19.2 Å². The first-order valence-corrected chi connectivity index (χ1v) is 12.3. The first-order valence-electron chi connectivity index (χ1n) is 12.3. The minimum atomic E-state index is -0.936. The van der Waals surface area contributed by atoms with Gasteiger partial charge in [-0.15, -0.1) is 0 Å². The molecule has 0 aromatic heterocycles. The molecule has 1 N–H and O–H groups in total. The van der Waals surface area contributed by atoms with Crippen molar-refractivity contribution in [3.63, 3.8) is 0 Å². The molecule has 0 amide bonds. The van der Waals surface area contributed by atoms with Gasteiger partial charge < -0.3 is 19.5 Å². The first-order chi connectivity index (χ1) is 18.4. The number of aryl methyl sites for hydroxylation is 1. The van der Waals surface area contributed by atoms with E-state index in [1.807, 2.05) is 59.5 Å². The Morgan fingerprint density at radius 2 is 1.58 bits per heavy atom. The number of hydrogen-bond acceptors (Lipinski definition) is 5. The van der Waals surface area contributed by atoms with Crippen molar-refractivity contribution >= 4 is 17.2 Å². The maximum Gasteiger partial charge on any atom is 0.167 e. The van der Waals surface area contributed by atoms with Crippen molar-refractivity contribution in [3.8, 4) is 11.5 Å². The van der Waals surface area contributed by atoms with Crippen molar-refractivity contribution < 1.29 is 28.2 Å². The molecule has 196 valence electrons. The summed E-state index contributed by atoms with van der Waals surface area (Å²) in [5, 5.41) is 10.9. The van der Waals surface area contributed by atoms with Crippen LogP contribution in [0.25, 0.3) is 0 Å². The van der Waals surface area contributed by atoms with Crippen molar-refractivity contribution in [3.05, 3.63) is 120 Å². The molecule has 1 unspecified atom stereocenters. The Labute approximate surface area is 220 Å². The van der Waals surface area contributed by atoms with Crippen molar-refractivity contribution in [2.45, 2.75) is 18.9 Å². The van der Waals surface area contributed by atoms with Crippen LogP contribution >= 0.6 is 0 Å². The average Bonchev–Trinajstić information content (AvgIpc) is 2.95. The maximum absolute atomic E-state index is 14.0.